The molecule has 0 saturated heterocycles. The average Bonchev–Trinajstić information content (AvgIpc) is 3.32. The van der Waals surface area contributed by atoms with Crippen molar-refractivity contribution in [2.75, 3.05) is 6.54 Å². The Bertz CT molecular complexity index is 2170. The molecule has 1 N–H and O–H groups in total. The fourth-order valence-corrected chi connectivity index (χ4v) is 11.2. The summed E-state index contributed by atoms with van der Waals surface area (Å²) in [5.74, 6) is 4.88. The van der Waals surface area contributed by atoms with Gasteiger partial charge in [-0.15, -0.1) is 0 Å². The SMILES string of the molecule is C1=CC(C2=CC=C(C3=NC(C4C=CC(C5CC=CCC5)CC4)N=C(C4=CC=C(C5=CC(C6=CCCCC6)=NCC5C5=CCC6CCC=CC6=C5)CC4)N3)CC2)=CCC1. The normalized spacial score (nSPS) is 32.3. The van der Waals surface area contributed by atoms with Crippen molar-refractivity contribution in [1.82, 2.24) is 5.32 Å². The van der Waals surface area contributed by atoms with Crippen molar-refractivity contribution in [3.05, 3.63) is 153 Å². The Kier molecular flexibility index (Phi) is 11.3. The minimum atomic E-state index is -0.0897. The number of hydrogen-bond donors (Lipinski definition) is 1. The quantitative estimate of drug-likeness (QED) is 0.246. The smallest absolute Gasteiger partial charge is 0.150 e. The number of fused-ring (bicyclic) bond motifs is 1. The molecule has 0 aromatic carbocycles. The zero-order valence-corrected chi connectivity index (χ0v) is 34.6. The van der Waals surface area contributed by atoms with Crippen molar-refractivity contribution < 1.29 is 0 Å². The molecular formula is C54H62N4. The molecule has 0 fully saturated rings. The zero-order chi connectivity index (χ0) is 38.7. The molecule has 6 atom stereocenters. The summed E-state index contributed by atoms with van der Waals surface area (Å²) < 4.78 is 0. The van der Waals surface area contributed by atoms with Gasteiger partial charge in [-0.1, -0.05) is 97.2 Å². The van der Waals surface area contributed by atoms with Gasteiger partial charge in [0.2, 0.25) is 0 Å². The summed E-state index contributed by atoms with van der Waals surface area (Å²) in [5, 5.41) is 3.83. The number of nitrogens with zero attached hydrogens (tertiary/aromatic N) is 3. The Balaban J connectivity index is 0.944. The van der Waals surface area contributed by atoms with E-state index in [0.29, 0.717) is 23.7 Å². The Morgan fingerprint density at radius 2 is 1.33 bits per heavy atom. The second-order valence-corrected chi connectivity index (χ2v) is 18.3. The van der Waals surface area contributed by atoms with Crippen LogP contribution in [0.3, 0.4) is 0 Å². The molecule has 0 spiro atoms. The second kappa shape index (κ2) is 17.3. The van der Waals surface area contributed by atoms with Crippen LogP contribution in [0.4, 0.5) is 0 Å². The average molecular weight is 767 g/mol. The molecule has 8 aliphatic carbocycles. The van der Waals surface area contributed by atoms with E-state index in [9.17, 15) is 0 Å². The lowest BCUT2D eigenvalue weighted by Crippen LogP contribution is -2.41. The highest BCUT2D eigenvalue weighted by atomic mass is 15.2. The summed E-state index contributed by atoms with van der Waals surface area (Å²) >= 11 is 0. The lowest BCUT2D eigenvalue weighted by Gasteiger charge is -2.34. The largest absolute Gasteiger partial charge is 0.325 e. The molecule has 2 aliphatic heterocycles. The molecule has 10 rings (SSSR count). The van der Waals surface area contributed by atoms with E-state index in [0.717, 1.165) is 81.9 Å². The van der Waals surface area contributed by atoms with Crippen molar-refractivity contribution in [3.8, 4) is 0 Å². The molecule has 0 aromatic rings. The number of hydrogen-bond acceptors (Lipinski definition) is 4. The molecular weight excluding hydrogens is 705 g/mol. The van der Waals surface area contributed by atoms with Crippen LogP contribution in [0.1, 0.15) is 116 Å². The first-order valence-electron chi connectivity index (χ1n) is 23.2. The van der Waals surface area contributed by atoms with Gasteiger partial charge >= 0.3 is 0 Å². The highest BCUT2D eigenvalue weighted by molar-refractivity contribution is 6.16. The van der Waals surface area contributed by atoms with E-state index < -0.39 is 0 Å². The predicted octanol–water partition coefficient (Wildman–Crippen LogP) is 12.9. The third kappa shape index (κ3) is 8.18. The highest BCUT2D eigenvalue weighted by Crippen LogP contribution is 2.42. The highest BCUT2D eigenvalue weighted by Gasteiger charge is 2.33. The van der Waals surface area contributed by atoms with Crippen LogP contribution in [0, 0.1) is 29.6 Å². The molecule has 6 unspecified atom stereocenters. The van der Waals surface area contributed by atoms with Gasteiger partial charge in [0.25, 0.3) is 0 Å². The summed E-state index contributed by atoms with van der Waals surface area (Å²) in [7, 11) is 0. The van der Waals surface area contributed by atoms with Crippen LogP contribution in [-0.2, 0) is 0 Å². The maximum absolute atomic E-state index is 5.47. The molecule has 4 nitrogen and oxygen atoms in total. The number of allylic oxidation sites excluding steroid dienone is 21. The molecule has 2 heterocycles. The third-order valence-corrected chi connectivity index (χ3v) is 14.7. The van der Waals surface area contributed by atoms with Gasteiger partial charge in [0, 0.05) is 11.8 Å². The van der Waals surface area contributed by atoms with Gasteiger partial charge in [-0.3, -0.25) is 4.99 Å². The van der Waals surface area contributed by atoms with Crippen LogP contribution in [-0.4, -0.2) is 30.1 Å². The summed E-state index contributed by atoms with van der Waals surface area (Å²) in [6.45, 7) is 0.845. The van der Waals surface area contributed by atoms with Gasteiger partial charge in [0.05, 0.1) is 12.3 Å². The first-order valence-corrected chi connectivity index (χ1v) is 23.2. The summed E-state index contributed by atoms with van der Waals surface area (Å²) in [5.41, 5.74) is 14.1. The first kappa shape index (κ1) is 37.7. The Hall–Kier alpha value is -4.57. The third-order valence-electron chi connectivity index (χ3n) is 14.7. The van der Waals surface area contributed by atoms with Gasteiger partial charge in [0.15, 0.2) is 6.17 Å². The first-order chi connectivity index (χ1) is 28.7. The number of aliphatic imine (C=N–C) groups is 3. The van der Waals surface area contributed by atoms with E-state index >= 15 is 0 Å². The lowest BCUT2D eigenvalue weighted by molar-refractivity contribution is 0.301. The molecule has 10 aliphatic rings. The van der Waals surface area contributed by atoms with E-state index in [-0.39, 0.29) is 6.17 Å². The van der Waals surface area contributed by atoms with E-state index in [1.807, 2.05) is 0 Å². The fourth-order valence-electron chi connectivity index (χ4n) is 11.2. The van der Waals surface area contributed by atoms with Gasteiger partial charge < -0.3 is 5.32 Å². The molecule has 4 heteroatoms. The summed E-state index contributed by atoms with van der Waals surface area (Å²) in [4.78, 5) is 16.2. The van der Waals surface area contributed by atoms with Gasteiger partial charge in [-0.2, -0.15) is 0 Å². The van der Waals surface area contributed by atoms with Crippen LogP contribution in [0.2, 0.25) is 0 Å². The number of rotatable bonds is 8. The molecule has 0 amide bonds. The Morgan fingerprint density at radius 3 is 2.05 bits per heavy atom. The number of dihydropyridines is 1. The van der Waals surface area contributed by atoms with E-state index in [2.05, 4.69) is 109 Å². The van der Waals surface area contributed by atoms with Crippen molar-refractivity contribution in [2.24, 2.45) is 44.6 Å². The van der Waals surface area contributed by atoms with Gasteiger partial charge in [0.1, 0.15) is 11.7 Å². The van der Waals surface area contributed by atoms with Crippen molar-refractivity contribution in [3.63, 3.8) is 0 Å². The van der Waals surface area contributed by atoms with Crippen LogP contribution >= 0.6 is 0 Å². The van der Waals surface area contributed by atoms with Crippen LogP contribution in [0.5, 0.6) is 0 Å². The van der Waals surface area contributed by atoms with Crippen molar-refractivity contribution in [2.45, 2.75) is 122 Å². The predicted molar refractivity (Wildman–Crippen MR) is 244 cm³/mol. The van der Waals surface area contributed by atoms with Gasteiger partial charge in [-0.05, 0) is 190 Å². The molecule has 0 saturated carbocycles. The number of nitrogens with one attached hydrogen (secondary N) is 1. The van der Waals surface area contributed by atoms with E-state index in [1.54, 1.807) is 0 Å². The summed E-state index contributed by atoms with van der Waals surface area (Å²) in [6, 6.07) is 0. The molecule has 0 aromatic heterocycles. The fraction of sp³-hybridized carbons (Fsp3) is 0.463. The second-order valence-electron chi connectivity index (χ2n) is 18.3. The molecule has 0 bridgehead atoms. The van der Waals surface area contributed by atoms with Crippen LogP contribution in [0.25, 0.3) is 0 Å². The molecule has 298 valence electrons. The summed E-state index contributed by atoms with van der Waals surface area (Å²) in [6.07, 6.45) is 62.1. The van der Waals surface area contributed by atoms with Crippen molar-refractivity contribution in [1.29, 1.82) is 0 Å². The zero-order valence-electron chi connectivity index (χ0n) is 34.6. The van der Waals surface area contributed by atoms with Crippen LogP contribution < -0.4 is 5.32 Å². The van der Waals surface area contributed by atoms with E-state index in [1.165, 1.54) is 114 Å². The Labute approximate surface area is 347 Å². The maximum Gasteiger partial charge on any atom is 0.150 e. The minimum Gasteiger partial charge on any atom is -0.325 e. The van der Waals surface area contributed by atoms with Crippen LogP contribution in [0.15, 0.2) is 168 Å². The van der Waals surface area contributed by atoms with E-state index in [4.69, 9.17) is 15.0 Å². The Morgan fingerprint density at radius 1 is 0.552 bits per heavy atom. The monoisotopic (exact) mass is 766 g/mol. The molecule has 58 heavy (non-hydrogen) atoms. The number of amidine groups is 2. The maximum atomic E-state index is 5.47. The molecule has 0 radical (unpaired) electrons. The standard InChI is InChI=1S/C54H62N4/c1-4-12-37(13-5-1)40-20-27-44(28-21-40)52-56-53(45-29-22-41(23-30-45)38-14-6-2-7-15-38)58-54(57-52)46-31-25-42(26-32-46)49-35-51(43-17-8-3-9-18-43)55-36-50(49)48-33-24-39-16-10-11-19-47(39)34-48/h1,4,6,11,14-15,17,19-20,22,25,27,29,31,33-35,37,39-40,44,50,52H,2-3,5,7-10,12-13,16,18,21,23-24,26,28,30,32,36H2,(H,56,57,58). The minimum absolute atomic E-state index is 0.0897. The van der Waals surface area contributed by atoms with Gasteiger partial charge in [-0.25, -0.2) is 9.98 Å². The van der Waals surface area contributed by atoms with Crippen molar-refractivity contribution >= 4 is 17.4 Å². The topological polar surface area (TPSA) is 49.1 Å². The lowest BCUT2D eigenvalue weighted by atomic mass is 9.74.